The number of rotatable bonds is 4. The highest BCUT2D eigenvalue weighted by molar-refractivity contribution is 7.91. The van der Waals surface area contributed by atoms with Gasteiger partial charge in [-0.2, -0.15) is 0 Å². The number of aryl methyl sites for hydroxylation is 2. The van der Waals surface area contributed by atoms with Crippen LogP contribution >= 0.6 is 0 Å². The second-order valence-electron chi connectivity index (χ2n) is 6.92. The Bertz CT molecular complexity index is 809. The maximum Gasteiger partial charge on any atom is 0.178 e. The molecule has 0 atom stereocenters. The molecule has 0 radical (unpaired) electrons. The zero-order chi connectivity index (χ0) is 17.3. The van der Waals surface area contributed by atoms with Gasteiger partial charge in [0.1, 0.15) is 11.6 Å². The number of hydrogen-bond donors (Lipinski definition) is 1. The van der Waals surface area contributed by atoms with Gasteiger partial charge in [-0.25, -0.2) is 18.4 Å². The lowest BCUT2D eigenvalue weighted by Gasteiger charge is -2.18. The van der Waals surface area contributed by atoms with Crippen LogP contribution in [0.3, 0.4) is 0 Å². The van der Waals surface area contributed by atoms with E-state index in [0.29, 0.717) is 22.2 Å². The minimum absolute atomic E-state index is 0.106. The largest absolute Gasteiger partial charge is 0.340 e. The molecule has 0 amide bonds. The van der Waals surface area contributed by atoms with E-state index in [9.17, 15) is 8.42 Å². The zero-order valence-electron chi connectivity index (χ0n) is 14.2. The predicted octanol–water partition coefficient (Wildman–Crippen LogP) is 3.66. The Balaban J connectivity index is 2.32. The third kappa shape index (κ3) is 4.76. The summed E-state index contributed by atoms with van der Waals surface area (Å²) in [5, 5.41) is 3.17. The molecule has 0 aliphatic rings. The summed E-state index contributed by atoms with van der Waals surface area (Å²) in [5.41, 5.74) is 1.31. The lowest BCUT2D eigenvalue weighted by molar-refractivity contribution is 0.462. The van der Waals surface area contributed by atoms with Crippen LogP contribution in [0.5, 0.6) is 0 Å². The Labute approximate surface area is 138 Å². The smallest absolute Gasteiger partial charge is 0.178 e. The SMILES string of the molecule is Cc1ncc(C)c(Nc2cccc(S(=O)(=O)CC(C)(C)C)c2)n1. The van der Waals surface area contributed by atoms with E-state index >= 15 is 0 Å². The van der Waals surface area contributed by atoms with Crippen molar-refractivity contribution in [2.45, 2.75) is 39.5 Å². The van der Waals surface area contributed by atoms with Crippen LogP contribution in [0.1, 0.15) is 32.2 Å². The minimum Gasteiger partial charge on any atom is -0.340 e. The van der Waals surface area contributed by atoms with E-state index < -0.39 is 9.84 Å². The Hall–Kier alpha value is -1.95. The first kappa shape index (κ1) is 17.4. The first-order chi connectivity index (χ1) is 10.6. The zero-order valence-corrected chi connectivity index (χ0v) is 15.0. The molecule has 0 aliphatic heterocycles. The third-order valence-corrected chi connectivity index (χ3v) is 5.39. The Morgan fingerprint density at radius 3 is 2.52 bits per heavy atom. The maximum atomic E-state index is 12.5. The van der Waals surface area contributed by atoms with Crippen molar-refractivity contribution in [1.29, 1.82) is 0 Å². The van der Waals surface area contributed by atoms with Crippen LogP contribution in [0.15, 0.2) is 35.4 Å². The van der Waals surface area contributed by atoms with Crippen LogP contribution in [0.4, 0.5) is 11.5 Å². The van der Waals surface area contributed by atoms with Gasteiger partial charge in [0.2, 0.25) is 0 Å². The van der Waals surface area contributed by atoms with Crippen molar-refractivity contribution >= 4 is 21.3 Å². The summed E-state index contributed by atoms with van der Waals surface area (Å²) in [7, 11) is -3.32. The first-order valence-electron chi connectivity index (χ1n) is 7.47. The molecule has 0 aliphatic carbocycles. The number of anilines is 2. The highest BCUT2D eigenvalue weighted by atomic mass is 32.2. The van der Waals surface area contributed by atoms with Crippen LogP contribution in [0, 0.1) is 19.3 Å². The van der Waals surface area contributed by atoms with E-state index in [1.165, 1.54) is 0 Å². The second kappa shape index (κ2) is 6.28. The molecule has 0 bridgehead atoms. The minimum atomic E-state index is -3.32. The monoisotopic (exact) mass is 333 g/mol. The van der Waals surface area contributed by atoms with Crippen molar-refractivity contribution in [3.8, 4) is 0 Å². The Kier molecular flexibility index (Phi) is 4.75. The normalized spacial score (nSPS) is 12.2. The molecule has 0 saturated heterocycles. The molecule has 2 rings (SSSR count). The van der Waals surface area contributed by atoms with E-state index in [4.69, 9.17) is 0 Å². The number of sulfone groups is 1. The van der Waals surface area contributed by atoms with E-state index in [1.807, 2.05) is 40.7 Å². The number of aromatic nitrogens is 2. The fourth-order valence-electron chi connectivity index (χ4n) is 2.21. The van der Waals surface area contributed by atoms with Crippen LogP contribution in [0.25, 0.3) is 0 Å². The molecule has 1 aromatic heterocycles. The summed E-state index contributed by atoms with van der Waals surface area (Å²) in [6.45, 7) is 9.47. The number of benzene rings is 1. The molecule has 6 heteroatoms. The van der Waals surface area contributed by atoms with Gasteiger partial charge in [0, 0.05) is 17.4 Å². The van der Waals surface area contributed by atoms with Crippen molar-refractivity contribution < 1.29 is 8.42 Å². The molecule has 1 heterocycles. The van der Waals surface area contributed by atoms with Gasteiger partial charge < -0.3 is 5.32 Å². The van der Waals surface area contributed by atoms with Gasteiger partial charge in [-0.3, -0.25) is 0 Å². The number of nitrogens with one attached hydrogen (secondary N) is 1. The second-order valence-corrected chi connectivity index (χ2v) is 8.91. The molecular formula is C17H23N3O2S. The van der Waals surface area contributed by atoms with Gasteiger partial charge in [0.05, 0.1) is 10.6 Å². The summed E-state index contributed by atoms with van der Waals surface area (Å²) >= 11 is 0. The molecule has 0 saturated carbocycles. The molecule has 2 aromatic rings. The average molecular weight is 333 g/mol. The van der Waals surface area contributed by atoms with Crippen LogP contribution < -0.4 is 5.32 Å². The highest BCUT2D eigenvalue weighted by Crippen LogP contribution is 2.25. The molecule has 0 fully saturated rings. The summed E-state index contributed by atoms with van der Waals surface area (Å²) in [4.78, 5) is 8.80. The van der Waals surface area contributed by atoms with Crippen molar-refractivity contribution in [3.63, 3.8) is 0 Å². The van der Waals surface area contributed by atoms with Crippen LogP contribution in [-0.2, 0) is 9.84 Å². The molecule has 23 heavy (non-hydrogen) atoms. The van der Waals surface area contributed by atoms with E-state index in [2.05, 4.69) is 15.3 Å². The highest BCUT2D eigenvalue weighted by Gasteiger charge is 2.23. The lowest BCUT2D eigenvalue weighted by atomic mass is 10.0. The predicted molar refractivity (Wildman–Crippen MR) is 92.7 cm³/mol. The third-order valence-electron chi connectivity index (χ3n) is 3.17. The number of hydrogen-bond acceptors (Lipinski definition) is 5. The molecule has 0 unspecified atom stereocenters. The van der Waals surface area contributed by atoms with Gasteiger partial charge in [0.15, 0.2) is 9.84 Å². The van der Waals surface area contributed by atoms with Crippen molar-refractivity contribution in [1.82, 2.24) is 9.97 Å². The Morgan fingerprint density at radius 2 is 1.87 bits per heavy atom. The Morgan fingerprint density at radius 1 is 1.17 bits per heavy atom. The standard InChI is InChI=1S/C17H23N3O2S/c1-12-10-18-13(2)19-16(12)20-14-7-6-8-15(9-14)23(21,22)11-17(3,4)5/h6-10H,11H2,1-5H3,(H,18,19,20). The van der Waals surface area contributed by atoms with Gasteiger partial charge in [-0.1, -0.05) is 26.8 Å². The molecule has 5 nitrogen and oxygen atoms in total. The van der Waals surface area contributed by atoms with Crippen molar-refractivity contribution in [2.75, 3.05) is 11.1 Å². The van der Waals surface area contributed by atoms with E-state index in [1.54, 1.807) is 24.4 Å². The molecule has 1 aromatic carbocycles. The average Bonchev–Trinajstić information content (AvgIpc) is 2.41. The molecule has 124 valence electrons. The van der Waals surface area contributed by atoms with Crippen LogP contribution in [-0.4, -0.2) is 24.1 Å². The van der Waals surface area contributed by atoms with Crippen molar-refractivity contribution in [2.24, 2.45) is 5.41 Å². The molecule has 1 N–H and O–H groups in total. The van der Waals surface area contributed by atoms with Gasteiger partial charge in [-0.15, -0.1) is 0 Å². The molecular weight excluding hydrogens is 310 g/mol. The van der Waals surface area contributed by atoms with Crippen LogP contribution in [0.2, 0.25) is 0 Å². The van der Waals surface area contributed by atoms with Gasteiger partial charge in [0.25, 0.3) is 0 Å². The van der Waals surface area contributed by atoms with Crippen molar-refractivity contribution in [3.05, 3.63) is 41.9 Å². The number of nitrogens with zero attached hydrogens (tertiary/aromatic N) is 2. The summed E-state index contributed by atoms with van der Waals surface area (Å²) in [5.74, 6) is 1.45. The summed E-state index contributed by atoms with van der Waals surface area (Å²) < 4.78 is 25.0. The van der Waals surface area contributed by atoms with Gasteiger partial charge >= 0.3 is 0 Å². The fraction of sp³-hybridized carbons (Fsp3) is 0.412. The fourth-order valence-corrected chi connectivity index (χ4v) is 4.11. The lowest BCUT2D eigenvalue weighted by Crippen LogP contribution is -2.20. The summed E-state index contributed by atoms with van der Waals surface area (Å²) in [6.07, 6.45) is 1.74. The van der Waals surface area contributed by atoms with E-state index in [-0.39, 0.29) is 11.2 Å². The molecule has 0 spiro atoms. The summed E-state index contributed by atoms with van der Waals surface area (Å²) in [6, 6.07) is 6.84. The first-order valence-corrected chi connectivity index (χ1v) is 9.12. The van der Waals surface area contributed by atoms with E-state index in [0.717, 1.165) is 5.56 Å². The quantitative estimate of drug-likeness (QED) is 0.924. The van der Waals surface area contributed by atoms with Gasteiger partial charge in [-0.05, 0) is 37.5 Å². The maximum absolute atomic E-state index is 12.5. The topological polar surface area (TPSA) is 72.0 Å².